The van der Waals surface area contributed by atoms with Crippen molar-refractivity contribution >= 4 is 0 Å². The summed E-state index contributed by atoms with van der Waals surface area (Å²) in [7, 11) is 1.68. The summed E-state index contributed by atoms with van der Waals surface area (Å²) < 4.78 is 18.1. The number of rotatable bonds is 8. The first-order chi connectivity index (χ1) is 8.26. The molecule has 1 unspecified atom stereocenters. The van der Waals surface area contributed by atoms with Crippen molar-refractivity contribution < 1.29 is 9.13 Å². The van der Waals surface area contributed by atoms with E-state index in [4.69, 9.17) is 10.5 Å². The van der Waals surface area contributed by atoms with Crippen LogP contribution in [0.2, 0.25) is 0 Å². The fraction of sp³-hybridized carbons (Fsp3) is 0.538. The molecule has 1 aromatic carbocycles. The van der Waals surface area contributed by atoms with Gasteiger partial charge in [-0.05, 0) is 37.1 Å². The van der Waals surface area contributed by atoms with Gasteiger partial charge < -0.3 is 15.8 Å². The Bertz CT molecular complexity index is 320. The standard InChI is InChI=1S/C13H21FN2O/c1-17-10-13(6-3-7-15)16-9-11-4-2-5-12(14)8-11/h2,4-5,8,13,16H,3,6-7,9-10,15H2,1H3. The van der Waals surface area contributed by atoms with E-state index in [0.29, 0.717) is 19.7 Å². The predicted molar refractivity (Wildman–Crippen MR) is 67.2 cm³/mol. The van der Waals surface area contributed by atoms with Crippen LogP contribution in [0.3, 0.4) is 0 Å². The van der Waals surface area contributed by atoms with Crippen LogP contribution >= 0.6 is 0 Å². The minimum absolute atomic E-state index is 0.199. The van der Waals surface area contributed by atoms with E-state index in [1.165, 1.54) is 6.07 Å². The van der Waals surface area contributed by atoms with Gasteiger partial charge in [-0.2, -0.15) is 0 Å². The normalized spacial score (nSPS) is 12.6. The summed E-state index contributed by atoms with van der Waals surface area (Å²) in [5, 5.41) is 3.35. The molecule has 1 aromatic rings. The molecule has 0 amide bonds. The molecule has 4 heteroatoms. The first-order valence-corrected chi connectivity index (χ1v) is 5.93. The Morgan fingerprint density at radius 2 is 2.29 bits per heavy atom. The fourth-order valence-electron chi connectivity index (χ4n) is 1.72. The number of halogens is 1. The van der Waals surface area contributed by atoms with Gasteiger partial charge in [-0.3, -0.25) is 0 Å². The smallest absolute Gasteiger partial charge is 0.123 e. The van der Waals surface area contributed by atoms with Crippen LogP contribution in [0, 0.1) is 5.82 Å². The maximum Gasteiger partial charge on any atom is 0.123 e. The van der Waals surface area contributed by atoms with Gasteiger partial charge in [-0.15, -0.1) is 0 Å². The summed E-state index contributed by atoms with van der Waals surface area (Å²) in [4.78, 5) is 0. The maximum absolute atomic E-state index is 13.0. The lowest BCUT2D eigenvalue weighted by atomic mass is 10.1. The molecule has 1 atom stereocenters. The highest BCUT2D eigenvalue weighted by atomic mass is 19.1. The van der Waals surface area contributed by atoms with Gasteiger partial charge in [0.2, 0.25) is 0 Å². The molecule has 0 heterocycles. The molecule has 17 heavy (non-hydrogen) atoms. The molecule has 0 saturated carbocycles. The molecule has 96 valence electrons. The van der Waals surface area contributed by atoms with Gasteiger partial charge in [0.1, 0.15) is 5.82 Å². The molecule has 0 aliphatic rings. The molecule has 0 aromatic heterocycles. The zero-order chi connectivity index (χ0) is 12.5. The summed E-state index contributed by atoms with van der Waals surface area (Å²) >= 11 is 0. The van der Waals surface area contributed by atoms with Gasteiger partial charge >= 0.3 is 0 Å². The molecule has 0 fully saturated rings. The van der Waals surface area contributed by atoms with E-state index >= 15 is 0 Å². The van der Waals surface area contributed by atoms with E-state index in [1.54, 1.807) is 19.2 Å². The van der Waals surface area contributed by atoms with Crippen molar-refractivity contribution in [2.24, 2.45) is 5.73 Å². The lowest BCUT2D eigenvalue weighted by Crippen LogP contribution is -2.33. The van der Waals surface area contributed by atoms with Gasteiger partial charge in [0, 0.05) is 19.7 Å². The highest BCUT2D eigenvalue weighted by molar-refractivity contribution is 5.16. The second kappa shape index (κ2) is 8.17. The van der Waals surface area contributed by atoms with E-state index in [9.17, 15) is 4.39 Å². The molecular formula is C13H21FN2O. The van der Waals surface area contributed by atoms with Crippen molar-refractivity contribution in [1.29, 1.82) is 0 Å². The quantitative estimate of drug-likeness (QED) is 0.726. The van der Waals surface area contributed by atoms with Crippen molar-refractivity contribution in [2.75, 3.05) is 20.3 Å². The van der Waals surface area contributed by atoms with Crippen molar-refractivity contribution in [2.45, 2.75) is 25.4 Å². The van der Waals surface area contributed by atoms with Crippen molar-refractivity contribution in [3.63, 3.8) is 0 Å². The number of methoxy groups -OCH3 is 1. The maximum atomic E-state index is 13.0. The summed E-state index contributed by atoms with van der Waals surface area (Å²) in [5.41, 5.74) is 6.43. The van der Waals surface area contributed by atoms with E-state index in [-0.39, 0.29) is 11.9 Å². The first kappa shape index (κ1) is 14.1. The van der Waals surface area contributed by atoms with Crippen LogP contribution in [-0.4, -0.2) is 26.3 Å². The molecule has 3 nitrogen and oxygen atoms in total. The van der Waals surface area contributed by atoms with Gasteiger partial charge in [-0.1, -0.05) is 12.1 Å². The third-order valence-corrected chi connectivity index (χ3v) is 2.61. The number of nitrogens with two attached hydrogens (primary N) is 1. The molecule has 0 spiro atoms. The topological polar surface area (TPSA) is 47.3 Å². The highest BCUT2D eigenvalue weighted by Gasteiger charge is 2.07. The van der Waals surface area contributed by atoms with Crippen LogP contribution in [0.15, 0.2) is 24.3 Å². The Morgan fingerprint density at radius 1 is 1.47 bits per heavy atom. The monoisotopic (exact) mass is 240 g/mol. The van der Waals surface area contributed by atoms with Crippen molar-refractivity contribution in [3.05, 3.63) is 35.6 Å². The molecule has 3 N–H and O–H groups in total. The summed E-state index contributed by atoms with van der Waals surface area (Å²) in [6, 6.07) is 6.89. The number of benzene rings is 1. The van der Waals surface area contributed by atoms with Crippen LogP contribution in [0.4, 0.5) is 4.39 Å². The molecule has 0 radical (unpaired) electrons. The first-order valence-electron chi connectivity index (χ1n) is 5.93. The predicted octanol–water partition coefficient (Wildman–Crippen LogP) is 1.67. The molecule has 0 saturated heterocycles. The second-order valence-electron chi connectivity index (χ2n) is 4.09. The summed E-state index contributed by atoms with van der Waals surface area (Å²) in [5.74, 6) is -0.199. The molecular weight excluding hydrogens is 219 g/mol. The van der Waals surface area contributed by atoms with Crippen molar-refractivity contribution in [3.8, 4) is 0 Å². The third kappa shape index (κ3) is 5.77. The second-order valence-corrected chi connectivity index (χ2v) is 4.09. The van der Waals surface area contributed by atoms with Gasteiger partial charge in [0.25, 0.3) is 0 Å². The van der Waals surface area contributed by atoms with E-state index in [1.807, 2.05) is 6.07 Å². The Hall–Kier alpha value is -0.970. The Balaban J connectivity index is 2.39. The van der Waals surface area contributed by atoms with Gasteiger partial charge in [0.05, 0.1) is 6.61 Å². The Morgan fingerprint density at radius 3 is 2.94 bits per heavy atom. The van der Waals surface area contributed by atoms with Crippen LogP contribution in [-0.2, 0) is 11.3 Å². The Kier molecular flexibility index (Phi) is 6.77. The zero-order valence-corrected chi connectivity index (χ0v) is 10.3. The van der Waals surface area contributed by atoms with E-state index in [0.717, 1.165) is 18.4 Å². The van der Waals surface area contributed by atoms with Gasteiger partial charge in [-0.25, -0.2) is 4.39 Å². The number of hydrogen-bond acceptors (Lipinski definition) is 3. The Labute approximate surface area is 102 Å². The lowest BCUT2D eigenvalue weighted by molar-refractivity contribution is 0.161. The minimum Gasteiger partial charge on any atom is -0.383 e. The van der Waals surface area contributed by atoms with Crippen LogP contribution < -0.4 is 11.1 Å². The third-order valence-electron chi connectivity index (χ3n) is 2.61. The average molecular weight is 240 g/mol. The highest BCUT2D eigenvalue weighted by Crippen LogP contribution is 2.05. The minimum atomic E-state index is -0.199. The SMILES string of the molecule is COCC(CCCN)NCc1cccc(F)c1. The van der Waals surface area contributed by atoms with Gasteiger partial charge in [0.15, 0.2) is 0 Å². The largest absolute Gasteiger partial charge is 0.383 e. The fourth-order valence-corrected chi connectivity index (χ4v) is 1.72. The summed E-state index contributed by atoms with van der Waals surface area (Å²) in [6.07, 6.45) is 1.93. The molecule has 0 aliphatic heterocycles. The zero-order valence-electron chi connectivity index (χ0n) is 10.3. The molecule has 0 aliphatic carbocycles. The lowest BCUT2D eigenvalue weighted by Gasteiger charge is -2.17. The molecule has 0 bridgehead atoms. The van der Waals surface area contributed by atoms with Crippen LogP contribution in [0.25, 0.3) is 0 Å². The van der Waals surface area contributed by atoms with Crippen LogP contribution in [0.5, 0.6) is 0 Å². The average Bonchev–Trinajstić information content (AvgIpc) is 2.33. The number of ether oxygens (including phenoxy) is 1. The molecule has 1 rings (SSSR count). The van der Waals surface area contributed by atoms with E-state index < -0.39 is 0 Å². The summed E-state index contributed by atoms with van der Waals surface area (Å²) in [6.45, 7) is 1.98. The van der Waals surface area contributed by atoms with E-state index in [2.05, 4.69) is 5.32 Å². The number of nitrogens with one attached hydrogen (secondary N) is 1. The van der Waals surface area contributed by atoms with Crippen LogP contribution in [0.1, 0.15) is 18.4 Å². The van der Waals surface area contributed by atoms with Crippen molar-refractivity contribution in [1.82, 2.24) is 5.32 Å². The number of hydrogen-bond donors (Lipinski definition) is 2.